The fourth-order valence-corrected chi connectivity index (χ4v) is 10.7. The average Bonchev–Trinajstić information content (AvgIpc) is 3.82. The molecule has 3 aromatic carbocycles. The van der Waals surface area contributed by atoms with Gasteiger partial charge in [0.1, 0.15) is 35.7 Å². The molecule has 3 unspecified atom stereocenters. The minimum Gasteiger partial charge on any atom is -0.497 e. The lowest BCUT2D eigenvalue weighted by atomic mass is 9.90. The van der Waals surface area contributed by atoms with Crippen LogP contribution in [0.15, 0.2) is 54.6 Å². The first-order chi connectivity index (χ1) is 32.4. The lowest BCUT2D eigenvalue weighted by molar-refractivity contribution is -0.140. The smallest absolute Gasteiger partial charge is 0.417 e. The molecule has 4 fully saturated rings. The Hall–Kier alpha value is -5.46. The van der Waals surface area contributed by atoms with Gasteiger partial charge >= 0.3 is 18.3 Å². The number of nitrogens with zero attached hydrogens (tertiary/aromatic N) is 6. The first-order valence-corrected chi connectivity index (χ1v) is 23.2. The number of aryl methyl sites for hydroxylation is 1. The number of carbonyl (C=O) groups excluding carboxylic acids is 1. The summed E-state index contributed by atoms with van der Waals surface area (Å²) in [5.41, 5.74) is -0.765. The zero-order chi connectivity index (χ0) is 48.1. The van der Waals surface area contributed by atoms with E-state index in [-0.39, 0.29) is 76.3 Å². The Balaban J connectivity index is 1.10. The number of morpholine rings is 1. The first-order valence-electron chi connectivity index (χ1n) is 23.2. The van der Waals surface area contributed by atoms with Gasteiger partial charge in [-0.05, 0) is 94.1 Å². The number of piperazine rings is 1. The molecule has 0 spiro atoms. The number of anilines is 2. The third-order valence-corrected chi connectivity index (χ3v) is 13.8. The molecule has 5 aliphatic rings. The second-order valence-corrected chi connectivity index (χ2v) is 19.6. The summed E-state index contributed by atoms with van der Waals surface area (Å²) in [5.74, 6) is 0.622. The van der Waals surface area contributed by atoms with Crippen molar-refractivity contribution in [2.45, 2.75) is 115 Å². The van der Waals surface area contributed by atoms with Crippen molar-refractivity contribution < 1.29 is 55.2 Å². The molecule has 366 valence electrons. The normalized spacial score (nSPS) is 23.8. The topological polar surface area (TPSA) is 111 Å². The summed E-state index contributed by atoms with van der Waals surface area (Å²) in [7, 11) is 3.10. The molecule has 18 heteroatoms. The number of alkyl halides is 4. The van der Waals surface area contributed by atoms with E-state index < -0.39 is 64.7 Å². The summed E-state index contributed by atoms with van der Waals surface area (Å²) < 4.78 is 114. The Morgan fingerprint density at radius 3 is 2.15 bits per heavy atom. The highest BCUT2D eigenvalue weighted by molar-refractivity contribution is 5.70. The van der Waals surface area contributed by atoms with Gasteiger partial charge in [0, 0.05) is 56.7 Å². The molecule has 2 bridgehead atoms. The van der Waals surface area contributed by atoms with Crippen LogP contribution in [-0.4, -0.2) is 115 Å². The van der Waals surface area contributed by atoms with E-state index in [0.29, 0.717) is 41.5 Å². The third kappa shape index (κ3) is 9.73. The number of amides is 1. The molecule has 0 radical (unpaired) electrons. The van der Waals surface area contributed by atoms with E-state index in [2.05, 4.69) is 4.90 Å². The van der Waals surface area contributed by atoms with Gasteiger partial charge < -0.3 is 38.2 Å². The zero-order valence-corrected chi connectivity index (χ0v) is 39.3. The van der Waals surface area contributed by atoms with Gasteiger partial charge in [-0.2, -0.15) is 23.1 Å². The van der Waals surface area contributed by atoms with Gasteiger partial charge in [-0.1, -0.05) is 24.3 Å². The van der Waals surface area contributed by atoms with E-state index in [9.17, 15) is 9.18 Å². The molecule has 4 aromatic rings. The molecule has 68 heavy (non-hydrogen) atoms. The molecule has 9 rings (SSSR count). The van der Waals surface area contributed by atoms with Crippen molar-refractivity contribution in [1.82, 2.24) is 19.8 Å². The second kappa shape index (κ2) is 18.8. The summed E-state index contributed by atoms with van der Waals surface area (Å²) in [6.45, 7) is 9.06. The number of halogens is 5. The predicted molar refractivity (Wildman–Crippen MR) is 243 cm³/mol. The van der Waals surface area contributed by atoms with Gasteiger partial charge in [0.05, 0.1) is 74.7 Å². The summed E-state index contributed by atoms with van der Waals surface area (Å²) >= 11 is 0. The van der Waals surface area contributed by atoms with Crippen molar-refractivity contribution in [3.63, 3.8) is 0 Å². The van der Waals surface area contributed by atoms with Crippen LogP contribution >= 0.6 is 0 Å². The Bertz CT molecular complexity index is 2410. The Labute approximate surface area is 393 Å². The molecule has 0 aliphatic carbocycles. The number of benzene rings is 3. The lowest BCUT2D eigenvalue weighted by Crippen LogP contribution is -2.67. The zero-order valence-electron chi connectivity index (χ0n) is 39.3. The number of rotatable bonds is 12. The SMILES string of the molecule is COc1ccc(CN(Cc2ccc(OC)cc2)c2cc(C)c(C(F)(F)F)c(C3Cc4nc(OC[C@@]56CCCN5C[C@H](F)C6)nc(N5CC6COCC(C5)N6C(=O)OC(C)(C)C)c4CO3)c2F)cc1. The van der Waals surface area contributed by atoms with Gasteiger partial charge in [0.2, 0.25) is 0 Å². The molecule has 0 N–H and O–H groups in total. The minimum absolute atomic E-state index is 0.0227. The molecule has 4 saturated heterocycles. The quantitative estimate of drug-likeness (QED) is 0.127. The fraction of sp³-hybridized carbons (Fsp3) is 0.540. The van der Waals surface area contributed by atoms with Gasteiger partial charge in [-0.3, -0.25) is 9.80 Å². The van der Waals surface area contributed by atoms with Crippen LogP contribution in [-0.2, 0) is 46.5 Å². The minimum atomic E-state index is -4.94. The van der Waals surface area contributed by atoms with Crippen molar-refractivity contribution in [3.8, 4) is 17.5 Å². The summed E-state index contributed by atoms with van der Waals surface area (Å²) in [4.78, 5) is 30.8. The molecule has 1 amide bonds. The van der Waals surface area contributed by atoms with E-state index >= 15 is 17.6 Å². The van der Waals surface area contributed by atoms with Crippen LogP contribution in [0, 0.1) is 12.7 Å². The maximum Gasteiger partial charge on any atom is 0.417 e. The maximum absolute atomic E-state index is 17.7. The van der Waals surface area contributed by atoms with Gasteiger partial charge in [0.15, 0.2) is 5.82 Å². The highest BCUT2D eigenvalue weighted by atomic mass is 19.4. The molecule has 5 aliphatic heterocycles. The summed E-state index contributed by atoms with van der Waals surface area (Å²) in [6, 6.07) is 14.8. The number of hydrogen-bond donors (Lipinski definition) is 0. The predicted octanol–water partition coefficient (Wildman–Crippen LogP) is 8.76. The fourth-order valence-electron chi connectivity index (χ4n) is 10.7. The Morgan fingerprint density at radius 2 is 1.56 bits per heavy atom. The summed E-state index contributed by atoms with van der Waals surface area (Å²) in [5, 5.41) is 0. The van der Waals surface area contributed by atoms with Gasteiger partial charge in [-0.25, -0.2) is 13.6 Å². The molecular weight excluding hydrogens is 892 g/mol. The third-order valence-electron chi connectivity index (χ3n) is 13.8. The van der Waals surface area contributed by atoms with E-state index in [1.165, 1.54) is 13.0 Å². The first kappa shape index (κ1) is 47.6. The van der Waals surface area contributed by atoms with E-state index in [0.717, 1.165) is 30.5 Å². The maximum atomic E-state index is 17.7. The van der Waals surface area contributed by atoms with Crippen molar-refractivity contribution in [3.05, 3.63) is 99.5 Å². The molecule has 0 saturated carbocycles. The van der Waals surface area contributed by atoms with Crippen molar-refractivity contribution in [2.75, 3.05) is 70.0 Å². The van der Waals surface area contributed by atoms with Crippen LogP contribution in [0.5, 0.6) is 17.5 Å². The van der Waals surface area contributed by atoms with E-state index in [4.69, 9.17) is 38.4 Å². The number of fused-ring (bicyclic) bond motifs is 4. The van der Waals surface area contributed by atoms with Crippen molar-refractivity contribution >= 4 is 17.6 Å². The Kier molecular flexibility index (Phi) is 13.2. The number of aromatic nitrogens is 2. The van der Waals surface area contributed by atoms with Gasteiger partial charge in [-0.15, -0.1) is 0 Å². The second-order valence-electron chi connectivity index (χ2n) is 19.6. The van der Waals surface area contributed by atoms with Crippen LogP contribution in [0.4, 0.5) is 38.3 Å². The van der Waals surface area contributed by atoms with Crippen LogP contribution in [0.25, 0.3) is 0 Å². The molecule has 1 aromatic heterocycles. The molecule has 6 heterocycles. The van der Waals surface area contributed by atoms with E-state index in [1.54, 1.807) is 69.1 Å². The molecule has 13 nitrogen and oxygen atoms in total. The Morgan fingerprint density at radius 1 is 0.926 bits per heavy atom. The number of ether oxygens (including phenoxy) is 6. The van der Waals surface area contributed by atoms with Crippen LogP contribution in [0.1, 0.15) is 85.2 Å². The van der Waals surface area contributed by atoms with Crippen LogP contribution < -0.4 is 24.0 Å². The summed E-state index contributed by atoms with van der Waals surface area (Å²) in [6.07, 6.45) is -6.12. The highest BCUT2D eigenvalue weighted by Gasteiger charge is 2.50. The lowest BCUT2D eigenvalue weighted by Gasteiger charge is -2.50. The van der Waals surface area contributed by atoms with Crippen molar-refractivity contribution in [1.29, 1.82) is 0 Å². The highest BCUT2D eigenvalue weighted by Crippen LogP contribution is 2.47. The molecular formula is C50H59F5N6O7. The standard InChI is InChI=1S/C50H59F5N6O7/c1-30-18-40(58(21-31-8-12-36(63-5)13-9-31)22-32-10-14-37(64-6)15-11-32)44(52)42(43(30)50(53,54)55)41-19-39-38(28-66-41)45(57-46(56-39)67-29-49-16-7-17-60(49)23-33(51)20-49)59-24-34-26-65-27-35(25-59)61(34)47(62)68-48(2,3)4/h8-15,18,33-35,41H,7,16-17,19-29H2,1-6H3/t33-,34?,35?,41?,49+/m1/s1. The molecule has 5 atom stereocenters. The van der Waals surface area contributed by atoms with Crippen LogP contribution in [0.2, 0.25) is 0 Å². The number of carbonyl (C=O) groups is 1. The largest absolute Gasteiger partial charge is 0.497 e. The monoisotopic (exact) mass is 950 g/mol. The number of hydrogen-bond acceptors (Lipinski definition) is 12. The number of methoxy groups -OCH3 is 2. The average molecular weight is 951 g/mol. The van der Waals surface area contributed by atoms with Gasteiger partial charge in [0.25, 0.3) is 0 Å². The van der Waals surface area contributed by atoms with Crippen LogP contribution in [0.3, 0.4) is 0 Å². The van der Waals surface area contributed by atoms with Crippen molar-refractivity contribution in [2.24, 2.45) is 0 Å². The van der Waals surface area contributed by atoms with E-state index in [1.807, 2.05) is 29.2 Å².